The molecular weight excluding hydrogens is 526 g/mol. The number of allylic oxidation sites excluding steroid dienone is 6. The normalized spacial score (nSPS) is 25.4. The molecule has 3 aliphatic carbocycles. The lowest BCUT2D eigenvalue weighted by molar-refractivity contribution is -0.123. The molecule has 0 spiro atoms. The van der Waals surface area contributed by atoms with Crippen LogP contribution in [0.25, 0.3) is 0 Å². The Morgan fingerprint density at radius 2 is 1.83 bits per heavy atom. The number of benzene rings is 2. The number of phenols is 1. The maximum absolute atomic E-state index is 14.0. The number of carboxylic acid groups (broad SMARTS) is 1. The number of carboxylic acids is 1. The molecule has 41 heavy (non-hydrogen) atoms. The third-order valence-electron chi connectivity index (χ3n) is 8.53. The first kappa shape index (κ1) is 26.4. The number of nitrogens with zero attached hydrogens (tertiary/aromatic N) is 1. The van der Waals surface area contributed by atoms with E-state index in [-0.39, 0.29) is 47.2 Å². The summed E-state index contributed by atoms with van der Waals surface area (Å²) in [6.45, 7) is 3.69. The van der Waals surface area contributed by atoms with E-state index in [9.17, 15) is 34.2 Å². The van der Waals surface area contributed by atoms with E-state index in [1.165, 1.54) is 36.4 Å². The fourth-order valence-electron chi connectivity index (χ4n) is 6.75. The Morgan fingerprint density at radius 3 is 2.56 bits per heavy atom. The zero-order chi connectivity index (χ0) is 29.2. The molecule has 4 atom stereocenters. The maximum Gasteiger partial charge on any atom is 0.335 e. The Hall–Kier alpha value is -4.79. The van der Waals surface area contributed by atoms with Gasteiger partial charge in [-0.15, -0.1) is 0 Å². The number of rotatable bonds is 5. The van der Waals surface area contributed by atoms with Gasteiger partial charge in [-0.2, -0.15) is 0 Å². The number of phenolic OH excluding ortho intramolecular Hbond substituents is 1. The summed E-state index contributed by atoms with van der Waals surface area (Å²) in [7, 11) is 0. The lowest BCUT2D eigenvalue weighted by Gasteiger charge is -2.42. The van der Waals surface area contributed by atoms with E-state index < -0.39 is 41.5 Å². The number of amides is 2. The minimum absolute atomic E-state index is 0.0461. The number of ether oxygens (including phenoxy) is 1. The molecule has 1 aliphatic heterocycles. The highest BCUT2D eigenvalue weighted by atomic mass is 16.5. The molecule has 4 aliphatic rings. The molecular formula is C32H27NO8. The van der Waals surface area contributed by atoms with Crippen molar-refractivity contribution >= 4 is 35.0 Å². The van der Waals surface area contributed by atoms with Crippen LogP contribution in [0, 0.1) is 17.8 Å². The van der Waals surface area contributed by atoms with E-state index in [0.717, 1.165) is 10.5 Å². The van der Waals surface area contributed by atoms with Crippen LogP contribution >= 0.6 is 0 Å². The van der Waals surface area contributed by atoms with E-state index >= 15 is 0 Å². The highest BCUT2D eigenvalue weighted by molar-refractivity contribution is 6.25. The average Bonchev–Trinajstić information content (AvgIpc) is 3.21. The van der Waals surface area contributed by atoms with Gasteiger partial charge in [0, 0.05) is 22.6 Å². The molecule has 2 aromatic rings. The van der Waals surface area contributed by atoms with Crippen LogP contribution in [0.1, 0.15) is 48.5 Å². The van der Waals surface area contributed by atoms with Crippen molar-refractivity contribution in [2.75, 3.05) is 11.5 Å². The molecule has 2 N–H and O–H groups in total. The highest BCUT2D eigenvalue weighted by Gasteiger charge is 2.56. The van der Waals surface area contributed by atoms with Crippen molar-refractivity contribution in [1.29, 1.82) is 0 Å². The van der Waals surface area contributed by atoms with E-state index in [2.05, 4.69) is 0 Å². The quantitative estimate of drug-likeness (QED) is 0.320. The molecule has 6 rings (SSSR count). The molecule has 0 radical (unpaired) electrons. The fourth-order valence-corrected chi connectivity index (χ4v) is 6.75. The van der Waals surface area contributed by atoms with Gasteiger partial charge in [0.05, 0.1) is 29.7 Å². The third kappa shape index (κ3) is 4.03. The zero-order valence-electron chi connectivity index (χ0n) is 22.4. The molecule has 1 saturated heterocycles. The summed E-state index contributed by atoms with van der Waals surface area (Å²) in [5, 5.41) is 19.8. The van der Waals surface area contributed by atoms with Gasteiger partial charge in [0.15, 0.2) is 23.1 Å². The smallest absolute Gasteiger partial charge is 0.335 e. The number of carbonyl (C=O) groups is 5. The molecule has 9 nitrogen and oxygen atoms in total. The second-order valence-corrected chi connectivity index (χ2v) is 10.8. The molecule has 0 aromatic heterocycles. The first-order chi connectivity index (χ1) is 19.6. The largest absolute Gasteiger partial charge is 0.504 e. The van der Waals surface area contributed by atoms with Crippen molar-refractivity contribution < 1.29 is 38.9 Å². The average molecular weight is 554 g/mol. The Balaban J connectivity index is 1.47. The van der Waals surface area contributed by atoms with Crippen molar-refractivity contribution in [3.05, 3.63) is 88.0 Å². The number of fused-ring (bicyclic) bond motifs is 3. The molecule has 1 heterocycles. The van der Waals surface area contributed by atoms with Crippen LogP contribution in [0.15, 0.2) is 76.9 Å². The van der Waals surface area contributed by atoms with Crippen molar-refractivity contribution in [3.8, 4) is 11.5 Å². The van der Waals surface area contributed by atoms with E-state index in [1.807, 2.05) is 6.08 Å². The molecule has 1 fully saturated rings. The number of imide groups is 1. The van der Waals surface area contributed by atoms with Crippen molar-refractivity contribution in [2.45, 2.75) is 32.6 Å². The van der Waals surface area contributed by atoms with E-state index in [1.54, 1.807) is 26.0 Å². The van der Waals surface area contributed by atoms with Gasteiger partial charge in [-0.05, 0) is 74.6 Å². The third-order valence-corrected chi connectivity index (χ3v) is 8.53. The Labute approximate surface area is 235 Å². The lowest BCUT2D eigenvalue weighted by atomic mass is 9.59. The van der Waals surface area contributed by atoms with Gasteiger partial charge < -0.3 is 14.9 Å². The first-order valence-electron chi connectivity index (χ1n) is 13.5. The topological polar surface area (TPSA) is 138 Å². The molecule has 9 heteroatoms. The predicted molar refractivity (Wildman–Crippen MR) is 146 cm³/mol. The number of Topliss-reactive ketones (excluding diaryl/α,β-unsaturated/α-hetero) is 1. The minimum Gasteiger partial charge on any atom is -0.504 e. The molecule has 2 amide bonds. The van der Waals surface area contributed by atoms with Crippen molar-refractivity contribution in [3.63, 3.8) is 0 Å². The number of carbonyl (C=O) groups excluding carboxylic acids is 4. The van der Waals surface area contributed by atoms with Crippen LogP contribution in [-0.2, 0) is 19.2 Å². The van der Waals surface area contributed by atoms with Crippen LogP contribution < -0.4 is 9.64 Å². The second kappa shape index (κ2) is 9.69. The molecule has 208 valence electrons. The van der Waals surface area contributed by atoms with Crippen molar-refractivity contribution in [2.24, 2.45) is 17.8 Å². The minimum atomic E-state index is -1.17. The van der Waals surface area contributed by atoms with Gasteiger partial charge in [-0.1, -0.05) is 23.8 Å². The van der Waals surface area contributed by atoms with E-state index in [4.69, 9.17) is 4.74 Å². The van der Waals surface area contributed by atoms with Gasteiger partial charge in [-0.25, -0.2) is 4.79 Å². The Morgan fingerprint density at radius 1 is 1.05 bits per heavy atom. The summed E-state index contributed by atoms with van der Waals surface area (Å²) in [5.74, 6) is -5.09. The van der Waals surface area contributed by atoms with Gasteiger partial charge in [0.2, 0.25) is 11.8 Å². The summed E-state index contributed by atoms with van der Waals surface area (Å²) in [4.78, 5) is 67.0. The number of anilines is 1. The Bertz CT molecular complexity index is 1660. The summed E-state index contributed by atoms with van der Waals surface area (Å²) >= 11 is 0. The fraction of sp³-hybridized carbons (Fsp3) is 0.281. The standard InChI is InChI=1S/C32H27NO8/c1-3-41-25-13-16(7-10-23(25)34)26-19-8-9-20-27(21(19)14-22-24(35)11-15(2)29(36)28(22)26)31(38)33(30(20)37)18-6-4-5-17(12-18)32(39)40/h4-8,10-13,20-21,26-27,34H,3,9,14H2,1-2H3,(H,39,40)/t20-,21+,26-,27-/m0/s1. The van der Waals surface area contributed by atoms with Crippen LogP contribution in [0.5, 0.6) is 11.5 Å². The van der Waals surface area contributed by atoms with E-state index in [0.29, 0.717) is 28.9 Å². The maximum atomic E-state index is 14.0. The molecule has 0 bridgehead atoms. The molecule has 2 aromatic carbocycles. The summed E-state index contributed by atoms with van der Waals surface area (Å²) in [6.07, 6.45) is 3.61. The van der Waals surface area contributed by atoms with Crippen LogP contribution in [0.3, 0.4) is 0 Å². The highest BCUT2D eigenvalue weighted by Crippen LogP contribution is 2.56. The lowest BCUT2D eigenvalue weighted by Crippen LogP contribution is -2.39. The predicted octanol–water partition coefficient (Wildman–Crippen LogP) is 4.12. The van der Waals surface area contributed by atoms with Crippen LogP contribution in [0.2, 0.25) is 0 Å². The first-order valence-corrected chi connectivity index (χ1v) is 13.5. The summed E-state index contributed by atoms with van der Waals surface area (Å²) < 4.78 is 5.60. The number of aromatic hydroxyl groups is 1. The summed E-state index contributed by atoms with van der Waals surface area (Å²) in [5.41, 5.74) is 2.55. The van der Waals surface area contributed by atoms with Crippen LogP contribution in [0.4, 0.5) is 5.69 Å². The van der Waals surface area contributed by atoms with Gasteiger partial charge in [0.25, 0.3) is 0 Å². The number of aromatic carboxylic acids is 1. The number of hydrogen-bond acceptors (Lipinski definition) is 7. The number of ketones is 2. The van der Waals surface area contributed by atoms with Gasteiger partial charge in [0.1, 0.15) is 0 Å². The van der Waals surface area contributed by atoms with Gasteiger partial charge >= 0.3 is 5.97 Å². The molecule has 0 unspecified atom stereocenters. The zero-order valence-corrected chi connectivity index (χ0v) is 22.4. The monoisotopic (exact) mass is 553 g/mol. The van der Waals surface area contributed by atoms with Gasteiger partial charge in [-0.3, -0.25) is 24.1 Å². The second-order valence-electron chi connectivity index (χ2n) is 10.8. The van der Waals surface area contributed by atoms with Crippen molar-refractivity contribution in [1.82, 2.24) is 0 Å². The number of hydrogen-bond donors (Lipinski definition) is 2. The summed E-state index contributed by atoms with van der Waals surface area (Å²) in [6, 6.07) is 10.5. The Kier molecular flexibility index (Phi) is 6.25. The SMILES string of the molecule is CCOc1cc([C@H]2C3=CC[C@@H]4C(=O)N(c5cccc(C(=O)O)c5)C(=O)[C@@H]4[C@@H]3CC3=C2C(=O)C(C)=CC3=O)ccc1O. The van der Waals surface area contributed by atoms with Crippen LogP contribution in [-0.4, -0.2) is 46.2 Å². The molecule has 0 saturated carbocycles.